The minimum atomic E-state index is -0.558. The second-order valence-electron chi connectivity index (χ2n) is 3.27. The normalized spacial score (nSPS) is 15.4. The van der Waals surface area contributed by atoms with Crippen molar-refractivity contribution >= 4 is 15.9 Å². The van der Waals surface area contributed by atoms with Gasteiger partial charge in [-0.1, -0.05) is 0 Å². The Morgan fingerprint density at radius 2 is 2.29 bits per heavy atom. The molecule has 0 aliphatic heterocycles. The first kappa shape index (κ1) is 11.8. The van der Waals surface area contributed by atoms with E-state index in [0.717, 1.165) is 10.9 Å². The summed E-state index contributed by atoms with van der Waals surface area (Å²) < 4.78 is 11.1. The van der Waals surface area contributed by atoms with Crippen molar-refractivity contribution in [2.45, 2.75) is 32.0 Å². The molecule has 0 aliphatic rings. The lowest BCUT2D eigenvalue weighted by Crippen LogP contribution is -2.07. The van der Waals surface area contributed by atoms with E-state index < -0.39 is 6.10 Å². The molecule has 0 fully saturated rings. The molecule has 0 aliphatic carbocycles. The van der Waals surface area contributed by atoms with Crippen LogP contribution in [0, 0.1) is 0 Å². The van der Waals surface area contributed by atoms with E-state index in [9.17, 15) is 5.11 Å². The van der Waals surface area contributed by atoms with Crippen LogP contribution in [0.25, 0.3) is 0 Å². The summed E-state index contributed by atoms with van der Waals surface area (Å²) in [4.78, 5) is 0. The predicted octanol–water partition coefficient (Wildman–Crippen LogP) is 2.89. The van der Waals surface area contributed by atoms with Gasteiger partial charge in [-0.25, -0.2) is 0 Å². The number of ether oxygens (including phenoxy) is 1. The van der Waals surface area contributed by atoms with Gasteiger partial charge in [0.2, 0.25) is 0 Å². The average Bonchev–Trinajstić information content (AvgIpc) is 2.60. The third-order valence-electron chi connectivity index (χ3n) is 2.20. The molecular weight excluding hydrogens is 248 g/mol. The van der Waals surface area contributed by atoms with Crippen LogP contribution in [0.1, 0.15) is 31.6 Å². The van der Waals surface area contributed by atoms with E-state index in [1.165, 1.54) is 0 Å². The summed E-state index contributed by atoms with van der Waals surface area (Å²) >= 11 is 3.31. The number of rotatable bonds is 5. The van der Waals surface area contributed by atoms with E-state index in [1.807, 2.05) is 6.92 Å². The largest absolute Gasteiger partial charge is 0.465 e. The highest BCUT2D eigenvalue weighted by Crippen LogP contribution is 2.27. The smallest absolute Gasteiger partial charge is 0.146 e. The summed E-state index contributed by atoms with van der Waals surface area (Å²) in [5.74, 6) is 0.591. The molecule has 1 aromatic rings. The highest BCUT2D eigenvalue weighted by molar-refractivity contribution is 9.10. The third-order valence-corrected chi connectivity index (χ3v) is 2.85. The summed E-state index contributed by atoms with van der Waals surface area (Å²) in [7, 11) is 1.67. The van der Waals surface area contributed by atoms with Gasteiger partial charge in [-0.05, 0) is 41.8 Å². The van der Waals surface area contributed by atoms with Crippen LogP contribution in [-0.2, 0) is 4.74 Å². The predicted molar refractivity (Wildman–Crippen MR) is 57.1 cm³/mol. The zero-order valence-corrected chi connectivity index (χ0v) is 9.95. The second kappa shape index (κ2) is 5.53. The molecule has 0 aromatic carbocycles. The zero-order chi connectivity index (χ0) is 10.6. The zero-order valence-electron chi connectivity index (χ0n) is 8.37. The van der Waals surface area contributed by atoms with Crippen molar-refractivity contribution in [1.82, 2.24) is 0 Å². The molecule has 1 rings (SSSR count). The lowest BCUT2D eigenvalue weighted by Gasteiger charge is -2.12. The van der Waals surface area contributed by atoms with Gasteiger partial charge in [0, 0.05) is 7.11 Å². The first-order valence-electron chi connectivity index (χ1n) is 4.59. The molecule has 0 amide bonds. The number of methoxy groups -OCH3 is 1. The molecule has 0 saturated heterocycles. The van der Waals surface area contributed by atoms with Gasteiger partial charge in [0.15, 0.2) is 0 Å². The van der Waals surface area contributed by atoms with Crippen LogP contribution >= 0.6 is 15.9 Å². The minimum Gasteiger partial charge on any atom is -0.465 e. The fourth-order valence-corrected chi connectivity index (χ4v) is 1.65. The molecule has 1 N–H and O–H groups in total. The highest BCUT2D eigenvalue weighted by Gasteiger charge is 2.15. The lowest BCUT2D eigenvalue weighted by atomic mass is 10.1. The first-order chi connectivity index (χ1) is 6.65. The topological polar surface area (TPSA) is 42.6 Å². The van der Waals surface area contributed by atoms with E-state index in [0.29, 0.717) is 12.2 Å². The van der Waals surface area contributed by atoms with E-state index in [-0.39, 0.29) is 6.10 Å². The monoisotopic (exact) mass is 262 g/mol. The van der Waals surface area contributed by atoms with Crippen LogP contribution in [0.15, 0.2) is 21.2 Å². The van der Waals surface area contributed by atoms with Gasteiger partial charge in [-0.15, -0.1) is 0 Å². The molecule has 2 unspecified atom stereocenters. The molecule has 3 nitrogen and oxygen atoms in total. The van der Waals surface area contributed by atoms with E-state index in [4.69, 9.17) is 9.15 Å². The third kappa shape index (κ3) is 3.12. The fourth-order valence-electron chi connectivity index (χ4n) is 1.18. The number of halogens is 1. The van der Waals surface area contributed by atoms with Crippen LogP contribution < -0.4 is 0 Å². The molecule has 0 spiro atoms. The fraction of sp³-hybridized carbons (Fsp3) is 0.600. The van der Waals surface area contributed by atoms with Crippen molar-refractivity contribution in [1.29, 1.82) is 0 Å². The van der Waals surface area contributed by atoms with Crippen molar-refractivity contribution in [3.63, 3.8) is 0 Å². The number of furan rings is 1. The number of aliphatic hydroxyl groups is 1. The van der Waals surface area contributed by atoms with Crippen LogP contribution in [0.4, 0.5) is 0 Å². The van der Waals surface area contributed by atoms with Gasteiger partial charge in [-0.2, -0.15) is 0 Å². The van der Waals surface area contributed by atoms with Gasteiger partial charge < -0.3 is 14.3 Å². The SMILES string of the molecule is COC(C)CCC(O)c1occc1Br. The molecular formula is C10H15BrO3. The summed E-state index contributed by atoms with van der Waals surface area (Å²) in [6, 6.07) is 1.78. The Morgan fingerprint density at radius 1 is 1.57 bits per heavy atom. The van der Waals surface area contributed by atoms with Crippen molar-refractivity contribution in [3.8, 4) is 0 Å². The van der Waals surface area contributed by atoms with Crippen molar-refractivity contribution in [2.75, 3.05) is 7.11 Å². The maximum absolute atomic E-state index is 9.76. The van der Waals surface area contributed by atoms with Crippen LogP contribution in [0.2, 0.25) is 0 Å². The van der Waals surface area contributed by atoms with Crippen molar-refractivity contribution < 1.29 is 14.3 Å². The highest BCUT2D eigenvalue weighted by atomic mass is 79.9. The van der Waals surface area contributed by atoms with Gasteiger partial charge in [-0.3, -0.25) is 0 Å². The van der Waals surface area contributed by atoms with Gasteiger partial charge in [0.25, 0.3) is 0 Å². The standard InChI is InChI=1S/C10H15BrO3/c1-7(13-2)3-4-9(12)10-8(11)5-6-14-10/h5-7,9,12H,3-4H2,1-2H3. The summed E-state index contributed by atoms with van der Waals surface area (Å²) in [5.41, 5.74) is 0. The molecule has 1 aromatic heterocycles. The van der Waals surface area contributed by atoms with E-state index in [1.54, 1.807) is 19.4 Å². The molecule has 14 heavy (non-hydrogen) atoms. The molecule has 0 radical (unpaired) electrons. The Hall–Kier alpha value is -0.320. The minimum absolute atomic E-state index is 0.165. The Kier molecular flexibility index (Phi) is 4.65. The van der Waals surface area contributed by atoms with E-state index in [2.05, 4.69) is 15.9 Å². The first-order valence-corrected chi connectivity index (χ1v) is 5.38. The van der Waals surface area contributed by atoms with Gasteiger partial charge >= 0.3 is 0 Å². The van der Waals surface area contributed by atoms with Crippen molar-refractivity contribution in [3.05, 3.63) is 22.6 Å². The lowest BCUT2D eigenvalue weighted by molar-refractivity contribution is 0.0777. The molecule has 0 bridgehead atoms. The Morgan fingerprint density at radius 3 is 2.79 bits per heavy atom. The molecule has 1 heterocycles. The Bertz CT molecular complexity index is 272. The molecule has 4 heteroatoms. The van der Waals surface area contributed by atoms with Crippen LogP contribution in [-0.4, -0.2) is 18.3 Å². The van der Waals surface area contributed by atoms with Crippen LogP contribution in [0.3, 0.4) is 0 Å². The number of hydrogen-bond acceptors (Lipinski definition) is 3. The number of aliphatic hydroxyl groups excluding tert-OH is 1. The summed E-state index contributed by atoms with van der Waals surface area (Å²) in [5, 5.41) is 9.76. The van der Waals surface area contributed by atoms with E-state index >= 15 is 0 Å². The molecule has 80 valence electrons. The maximum atomic E-state index is 9.76. The Balaban J connectivity index is 2.43. The number of hydrogen-bond donors (Lipinski definition) is 1. The molecule has 0 saturated carbocycles. The maximum Gasteiger partial charge on any atom is 0.146 e. The van der Waals surface area contributed by atoms with Crippen LogP contribution in [0.5, 0.6) is 0 Å². The van der Waals surface area contributed by atoms with Crippen molar-refractivity contribution in [2.24, 2.45) is 0 Å². The Labute approximate surface area is 92.2 Å². The summed E-state index contributed by atoms with van der Waals surface area (Å²) in [6.45, 7) is 1.98. The average molecular weight is 263 g/mol. The second-order valence-corrected chi connectivity index (χ2v) is 4.13. The van der Waals surface area contributed by atoms with Gasteiger partial charge in [0.05, 0.1) is 16.8 Å². The summed E-state index contributed by atoms with van der Waals surface area (Å²) in [6.07, 6.45) is 2.62. The molecule has 2 atom stereocenters. The quantitative estimate of drug-likeness (QED) is 0.888. The van der Waals surface area contributed by atoms with Gasteiger partial charge in [0.1, 0.15) is 11.9 Å².